The average Bonchev–Trinajstić information content (AvgIpc) is 2.84. The van der Waals surface area contributed by atoms with Gasteiger partial charge in [-0.05, 0) is 19.1 Å². The number of nitrogens with zero attached hydrogens (tertiary/aromatic N) is 2. The Morgan fingerprint density at radius 1 is 1.35 bits per heavy atom. The largest absolute Gasteiger partial charge is 0.465 e. The van der Waals surface area contributed by atoms with Crippen LogP contribution in [0.4, 0.5) is 0 Å². The number of benzene rings is 1. The van der Waals surface area contributed by atoms with E-state index in [1.807, 2.05) is 24.3 Å². The molecule has 20 heavy (non-hydrogen) atoms. The quantitative estimate of drug-likeness (QED) is 0.417. The molecule has 0 spiro atoms. The van der Waals surface area contributed by atoms with E-state index in [-0.39, 0.29) is 11.7 Å². The molecule has 2 aromatic heterocycles. The second-order valence-corrected chi connectivity index (χ2v) is 5.01. The molecule has 102 valence electrons. The van der Waals surface area contributed by atoms with E-state index < -0.39 is 0 Å². The molecule has 3 rings (SSSR count). The molecule has 2 heterocycles. The highest BCUT2D eigenvalue weighted by Crippen LogP contribution is 2.32. The fourth-order valence-corrected chi connectivity index (χ4v) is 2.66. The van der Waals surface area contributed by atoms with Crippen molar-refractivity contribution >= 4 is 39.8 Å². The molecule has 3 aromatic rings. The number of ether oxygens (including phenoxy) is 1. The summed E-state index contributed by atoms with van der Waals surface area (Å²) in [6.07, 6.45) is 1.48. The average molecular weight is 288 g/mol. The van der Waals surface area contributed by atoms with E-state index in [1.165, 1.54) is 18.1 Å². The van der Waals surface area contributed by atoms with Crippen molar-refractivity contribution in [3.63, 3.8) is 0 Å². The van der Waals surface area contributed by atoms with Gasteiger partial charge < -0.3 is 9.15 Å². The predicted molar refractivity (Wildman–Crippen MR) is 76.7 cm³/mol. The van der Waals surface area contributed by atoms with Crippen LogP contribution in [-0.4, -0.2) is 28.3 Å². The third-order valence-corrected chi connectivity index (χ3v) is 3.70. The summed E-state index contributed by atoms with van der Waals surface area (Å²) in [6, 6.07) is 7.68. The summed E-state index contributed by atoms with van der Waals surface area (Å²) in [5.41, 5.74) is 2.14. The minimum absolute atomic E-state index is 0.205. The molecule has 0 fully saturated rings. The molecule has 6 heteroatoms. The summed E-state index contributed by atoms with van der Waals surface area (Å²) in [4.78, 5) is 19.9. The van der Waals surface area contributed by atoms with Crippen molar-refractivity contribution in [1.82, 2.24) is 9.97 Å². The number of para-hydroxylation sites is 1. The van der Waals surface area contributed by atoms with Crippen molar-refractivity contribution in [2.24, 2.45) is 0 Å². The minimum atomic E-state index is -0.264. The van der Waals surface area contributed by atoms with E-state index in [2.05, 4.69) is 9.97 Å². The van der Waals surface area contributed by atoms with Gasteiger partial charge in [0, 0.05) is 5.39 Å². The van der Waals surface area contributed by atoms with E-state index in [4.69, 9.17) is 9.15 Å². The van der Waals surface area contributed by atoms with Crippen LogP contribution in [0.15, 0.2) is 40.0 Å². The molecule has 0 aliphatic rings. The standard InChI is InChI=1S/C14H12N2O3S/c1-2-18-11(17)7-20-14-13-12(15-8-16-14)9-5-3-4-6-10(9)19-13/h3-6,8H,2,7H2,1H3. The Hall–Kier alpha value is -2.08. The highest BCUT2D eigenvalue weighted by atomic mass is 32.2. The van der Waals surface area contributed by atoms with E-state index in [0.29, 0.717) is 17.2 Å². The molecular weight excluding hydrogens is 276 g/mol. The van der Waals surface area contributed by atoms with Gasteiger partial charge in [0.2, 0.25) is 0 Å². The van der Waals surface area contributed by atoms with Crippen molar-refractivity contribution < 1.29 is 13.9 Å². The summed E-state index contributed by atoms with van der Waals surface area (Å²) in [7, 11) is 0. The molecule has 1 aromatic carbocycles. The number of carbonyl (C=O) groups excluding carboxylic acids is 1. The van der Waals surface area contributed by atoms with Crippen molar-refractivity contribution in [3.05, 3.63) is 30.6 Å². The van der Waals surface area contributed by atoms with Gasteiger partial charge in [0.15, 0.2) is 5.58 Å². The number of hydrogen-bond donors (Lipinski definition) is 0. The molecule has 0 atom stereocenters. The molecule has 0 saturated heterocycles. The Balaban J connectivity index is 1.97. The smallest absolute Gasteiger partial charge is 0.316 e. The van der Waals surface area contributed by atoms with Gasteiger partial charge in [-0.1, -0.05) is 23.9 Å². The van der Waals surface area contributed by atoms with Crippen LogP contribution in [0.3, 0.4) is 0 Å². The fraction of sp³-hybridized carbons (Fsp3) is 0.214. The lowest BCUT2D eigenvalue weighted by atomic mass is 10.2. The van der Waals surface area contributed by atoms with Gasteiger partial charge in [0.05, 0.1) is 12.4 Å². The van der Waals surface area contributed by atoms with E-state index in [1.54, 1.807) is 6.92 Å². The van der Waals surface area contributed by atoms with Crippen molar-refractivity contribution in [2.75, 3.05) is 12.4 Å². The predicted octanol–water partition coefficient (Wildman–Crippen LogP) is 3.03. The van der Waals surface area contributed by atoms with Crippen LogP contribution in [0.2, 0.25) is 0 Å². The highest BCUT2D eigenvalue weighted by molar-refractivity contribution is 8.00. The molecule has 0 radical (unpaired) electrons. The molecule has 0 aliphatic heterocycles. The number of thioether (sulfide) groups is 1. The third-order valence-electron chi connectivity index (χ3n) is 2.76. The van der Waals surface area contributed by atoms with Crippen LogP contribution in [-0.2, 0) is 9.53 Å². The lowest BCUT2D eigenvalue weighted by Gasteiger charge is -2.01. The molecule has 0 aliphatic carbocycles. The van der Waals surface area contributed by atoms with Crippen LogP contribution >= 0.6 is 11.8 Å². The van der Waals surface area contributed by atoms with Gasteiger partial charge in [0.1, 0.15) is 22.5 Å². The SMILES string of the molecule is CCOC(=O)CSc1ncnc2c1oc1ccccc12. The number of rotatable bonds is 4. The summed E-state index contributed by atoms with van der Waals surface area (Å²) in [5, 5.41) is 1.60. The Labute approximate surface area is 119 Å². The number of fused-ring (bicyclic) bond motifs is 3. The number of hydrogen-bond acceptors (Lipinski definition) is 6. The maximum absolute atomic E-state index is 11.4. The highest BCUT2D eigenvalue weighted by Gasteiger charge is 2.14. The number of carbonyl (C=O) groups is 1. The zero-order valence-electron chi connectivity index (χ0n) is 10.8. The zero-order valence-corrected chi connectivity index (χ0v) is 11.6. The fourth-order valence-electron chi connectivity index (χ4n) is 1.94. The molecule has 5 nitrogen and oxygen atoms in total. The zero-order chi connectivity index (χ0) is 13.9. The normalized spacial score (nSPS) is 11.1. The van der Waals surface area contributed by atoms with Gasteiger partial charge in [-0.15, -0.1) is 0 Å². The monoisotopic (exact) mass is 288 g/mol. The number of esters is 1. The lowest BCUT2D eigenvalue weighted by molar-refractivity contribution is -0.139. The Kier molecular flexibility index (Phi) is 3.56. The van der Waals surface area contributed by atoms with Gasteiger partial charge in [-0.2, -0.15) is 0 Å². The summed E-state index contributed by atoms with van der Waals surface area (Å²) < 4.78 is 10.7. The number of aromatic nitrogens is 2. The summed E-state index contributed by atoms with van der Waals surface area (Å²) >= 11 is 1.29. The van der Waals surface area contributed by atoms with Gasteiger partial charge in [-0.3, -0.25) is 4.79 Å². The lowest BCUT2D eigenvalue weighted by Crippen LogP contribution is -2.06. The second-order valence-electron chi connectivity index (χ2n) is 4.05. The molecular formula is C14H12N2O3S. The first-order valence-electron chi connectivity index (χ1n) is 6.20. The number of furan rings is 1. The van der Waals surface area contributed by atoms with Crippen LogP contribution < -0.4 is 0 Å². The first kappa shape index (κ1) is 12.9. The van der Waals surface area contributed by atoms with Crippen LogP contribution in [0.1, 0.15) is 6.92 Å². The van der Waals surface area contributed by atoms with Crippen molar-refractivity contribution in [1.29, 1.82) is 0 Å². The van der Waals surface area contributed by atoms with Crippen molar-refractivity contribution in [3.8, 4) is 0 Å². The molecule has 0 bridgehead atoms. The minimum Gasteiger partial charge on any atom is -0.465 e. The Bertz CT molecular complexity index is 769. The van der Waals surface area contributed by atoms with Gasteiger partial charge in [0.25, 0.3) is 0 Å². The molecule has 0 amide bonds. The van der Waals surface area contributed by atoms with Gasteiger partial charge in [-0.25, -0.2) is 9.97 Å². The van der Waals surface area contributed by atoms with Crippen LogP contribution in [0, 0.1) is 0 Å². The van der Waals surface area contributed by atoms with Crippen LogP contribution in [0.5, 0.6) is 0 Å². The third kappa shape index (κ3) is 2.34. The summed E-state index contributed by atoms with van der Waals surface area (Å²) in [6.45, 7) is 2.16. The maximum atomic E-state index is 11.4. The topological polar surface area (TPSA) is 65.2 Å². The molecule has 0 saturated carbocycles. The van der Waals surface area contributed by atoms with E-state index in [0.717, 1.165) is 16.5 Å². The Morgan fingerprint density at radius 3 is 3.05 bits per heavy atom. The first-order chi connectivity index (χ1) is 9.79. The molecule has 0 N–H and O–H groups in total. The first-order valence-corrected chi connectivity index (χ1v) is 7.19. The maximum Gasteiger partial charge on any atom is 0.316 e. The molecule has 0 unspecified atom stereocenters. The van der Waals surface area contributed by atoms with Crippen molar-refractivity contribution in [2.45, 2.75) is 11.9 Å². The van der Waals surface area contributed by atoms with E-state index >= 15 is 0 Å². The Morgan fingerprint density at radius 2 is 2.20 bits per heavy atom. The second kappa shape index (κ2) is 5.50. The van der Waals surface area contributed by atoms with Crippen LogP contribution in [0.25, 0.3) is 22.1 Å². The van der Waals surface area contributed by atoms with Gasteiger partial charge >= 0.3 is 5.97 Å². The van der Waals surface area contributed by atoms with E-state index in [9.17, 15) is 4.79 Å². The summed E-state index contributed by atoms with van der Waals surface area (Å²) in [5.74, 6) is -0.0582.